The number of alkyl halides is 2. The Balaban J connectivity index is 1.82. The number of hydrogen-bond donors (Lipinski definition) is 0. The van der Waals surface area contributed by atoms with Gasteiger partial charge in [0.15, 0.2) is 5.82 Å². The molecule has 0 radical (unpaired) electrons. The third kappa shape index (κ3) is 2.37. The molecule has 2 heterocycles. The predicted molar refractivity (Wildman–Crippen MR) is 53.2 cm³/mol. The first kappa shape index (κ1) is 11.4. The summed E-state index contributed by atoms with van der Waals surface area (Å²) in [4.78, 5) is 6.08. The summed E-state index contributed by atoms with van der Waals surface area (Å²) < 4.78 is 29.5. The molecular weight excluding hydrogens is 216 g/mol. The first-order chi connectivity index (χ1) is 7.56. The normalized spacial score (nSPS) is 18.4. The van der Waals surface area contributed by atoms with Crippen molar-refractivity contribution in [1.29, 1.82) is 0 Å². The highest BCUT2D eigenvalue weighted by atomic mass is 19.3. The molecule has 1 saturated heterocycles. The van der Waals surface area contributed by atoms with Gasteiger partial charge in [-0.25, -0.2) is 8.78 Å². The van der Waals surface area contributed by atoms with Crippen LogP contribution in [0, 0.1) is 5.92 Å². The van der Waals surface area contributed by atoms with E-state index in [2.05, 4.69) is 10.1 Å². The zero-order valence-corrected chi connectivity index (χ0v) is 9.36. The number of halogens is 2. The molecule has 0 unspecified atom stereocenters. The fraction of sp³-hybridized carbons (Fsp3) is 0.800. The van der Waals surface area contributed by atoms with E-state index in [0.717, 1.165) is 0 Å². The minimum absolute atomic E-state index is 0.225. The summed E-state index contributed by atoms with van der Waals surface area (Å²) in [6.07, 6.45) is -2.22. The molecule has 90 valence electrons. The zero-order chi connectivity index (χ0) is 11.7. The molecule has 1 aliphatic heterocycles. The molecule has 0 atom stereocenters. The van der Waals surface area contributed by atoms with Gasteiger partial charge in [0.2, 0.25) is 12.3 Å². The van der Waals surface area contributed by atoms with Crippen LogP contribution in [0.4, 0.5) is 8.78 Å². The Morgan fingerprint density at radius 3 is 2.62 bits per heavy atom. The molecule has 1 fully saturated rings. The SMILES string of the molecule is CC(C)c1noc(CN2CC(C(F)F)C2)n1. The van der Waals surface area contributed by atoms with Crippen molar-refractivity contribution in [2.75, 3.05) is 13.1 Å². The van der Waals surface area contributed by atoms with Gasteiger partial charge in [-0.1, -0.05) is 19.0 Å². The van der Waals surface area contributed by atoms with E-state index >= 15 is 0 Å². The summed E-state index contributed by atoms with van der Waals surface area (Å²) in [5, 5.41) is 3.82. The van der Waals surface area contributed by atoms with Gasteiger partial charge in [0, 0.05) is 24.9 Å². The lowest BCUT2D eigenvalue weighted by molar-refractivity contribution is -0.0316. The highest BCUT2D eigenvalue weighted by Gasteiger charge is 2.34. The van der Waals surface area contributed by atoms with Gasteiger partial charge in [-0.15, -0.1) is 0 Å². The Hall–Kier alpha value is -1.04. The molecule has 0 aromatic carbocycles. The van der Waals surface area contributed by atoms with Crippen molar-refractivity contribution in [3.05, 3.63) is 11.7 Å². The van der Waals surface area contributed by atoms with Crippen LogP contribution >= 0.6 is 0 Å². The molecule has 1 aromatic heterocycles. The lowest BCUT2D eigenvalue weighted by Crippen LogP contribution is -2.49. The molecule has 0 N–H and O–H groups in total. The Morgan fingerprint density at radius 1 is 1.44 bits per heavy atom. The summed E-state index contributed by atoms with van der Waals surface area (Å²) in [6, 6.07) is 0. The monoisotopic (exact) mass is 231 g/mol. The van der Waals surface area contributed by atoms with Crippen molar-refractivity contribution in [1.82, 2.24) is 15.0 Å². The Labute approximate surface area is 92.6 Å². The molecule has 0 amide bonds. The maximum atomic E-state index is 12.2. The third-order valence-electron chi connectivity index (χ3n) is 2.70. The van der Waals surface area contributed by atoms with E-state index in [0.29, 0.717) is 31.3 Å². The second kappa shape index (κ2) is 4.45. The first-order valence-corrected chi connectivity index (χ1v) is 5.39. The molecule has 4 nitrogen and oxygen atoms in total. The number of aromatic nitrogens is 2. The van der Waals surface area contributed by atoms with Gasteiger partial charge >= 0.3 is 0 Å². The van der Waals surface area contributed by atoms with Crippen LogP contribution in [0.5, 0.6) is 0 Å². The van der Waals surface area contributed by atoms with Crippen LogP contribution < -0.4 is 0 Å². The molecule has 2 rings (SSSR count). The predicted octanol–water partition coefficient (Wildman–Crippen LogP) is 1.89. The average molecular weight is 231 g/mol. The van der Waals surface area contributed by atoms with Crippen LogP contribution in [0.2, 0.25) is 0 Å². The second-order valence-corrected chi connectivity index (χ2v) is 4.49. The molecule has 0 saturated carbocycles. The lowest BCUT2D eigenvalue weighted by atomic mass is 10.0. The standard InChI is InChI=1S/C10H15F2N3O/c1-6(2)10-13-8(16-14-10)5-15-3-7(4-15)9(11)12/h6-7,9H,3-5H2,1-2H3. The van der Waals surface area contributed by atoms with Crippen molar-refractivity contribution in [3.8, 4) is 0 Å². The molecular formula is C10H15F2N3O. The summed E-state index contributed by atoms with van der Waals surface area (Å²) in [7, 11) is 0. The minimum atomic E-state index is -2.22. The largest absolute Gasteiger partial charge is 0.338 e. The summed E-state index contributed by atoms with van der Waals surface area (Å²) in [5.41, 5.74) is 0. The van der Waals surface area contributed by atoms with Crippen LogP contribution in [0.1, 0.15) is 31.5 Å². The van der Waals surface area contributed by atoms with Crippen LogP contribution in [0.25, 0.3) is 0 Å². The van der Waals surface area contributed by atoms with Gasteiger partial charge in [0.25, 0.3) is 0 Å². The van der Waals surface area contributed by atoms with Crippen LogP contribution in [0.3, 0.4) is 0 Å². The molecule has 16 heavy (non-hydrogen) atoms. The number of nitrogens with zero attached hydrogens (tertiary/aromatic N) is 3. The second-order valence-electron chi connectivity index (χ2n) is 4.49. The Bertz CT molecular complexity index is 348. The molecule has 1 aliphatic rings. The van der Waals surface area contributed by atoms with Crippen LogP contribution in [-0.2, 0) is 6.54 Å². The van der Waals surface area contributed by atoms with E-state index < -0.39 is 12.3 Å². The summed E-state index contributed by atoms with van der Waals surface area (Å²) in [5.74, 6) is 0.910. The summed E-state index contributed by atoms with van der Waals surface area (Å²) >= 11 is 0. The average Bonchev–Trinajstić information content (AvgIpc) is 2.58. The molecule has 0 bridgehead atoms. The molecule has 0 aliphatic carbocycles. The van der Waals surface area contributed by atoms with Crippen LogP contribution in [0.15, 0.2) is 4.52 Å². The van der Waals surface area contributed by atoms with Crippen molar-refractivity contribution < 1.29 is 13.3 Å². The highest BCUT2D eigenvalue weighted by Crippen LogP contribution is 2.24. The summed E-state index contributed by atoms with van der Waals surface area (Å²) in [6.45, 7) is 5.26. The van der Waals surface area contributed by atoms with E-state index in [4.69, 9.17) is 4.52 Å². The Morgan fingerprint density at radius 2 is 2.12 bits per heavy atom. The Kier molecular flexibility index (Phi) is 3.18. The minimum Gasteiger partial charge on any atom is -0.338 e. The third-order valence-corrected chi connectivity index (χ3v) is 2.70. The van der Waals surface area contributed by atoms with Gasteiger partial charge in [-0.2, -0.15) is 4.98 Å². The fourth-order valence-corrected chi connectivity index (χ4v) is 1.66. The van der Waals surface area contributed by atoms with E-state index in [1.165, 1.54) is 0 Å². The molecule has 1 aromatic rings. The number of rotatable bonds is 4. The number of likely N-dealkylation sites (tertiary alicyclic amines) is 1. The molecule has 0 spiro atoms. The highest BCUT2D eigenvalue weighted by molar-refractivity contribution is 4.93. The van der Waals surface area contributed by atoms with Crippen LogP contribution in [-0.4, -0.2) is 34.6 Å². The maximum Gasteiger partial charge on any atom is 0.243 e. The topological polar surface area (TPSA) is 42.2 Å². The maximum absolute atomic E-state index is 12.2. The molecule has 6 heteroatoms. The van der Waals surface area contributed by atoms with Gasteiger partial charge in [0.05, 0.1) is 6.54 Å². The van der Waals surface area contributed by atoms with Gasteiger partial charge in [-0.05, 0) is 0 Å². The smallest absolute Gasteiger partial charge is 0.243 e. The zero-order valence-electron chi connectivity index (χ0n) is 9.36. The number of hydrogen-bond acceptors (Lipinski definition) is 4. The van der Waals surface area contributed by atoms with E-state index in [1.807, 2.05) is 18.7 Å². The quantitative estimate of drug-likeness (QED) is 0.793. The van der Waals surface area contributed by atoms with Gasteiger partial charge < -0.3 is 4.52 Å². The van der Waals surface area contributed by atoms with Crippen molar-refractivity contribution in [3.63, 3.8) is 0 Å². The van der Waals surface area contributed by atoms with Crippen molar-refractivity contribution in [2.45, 2.75) is 32.7 Å². The fourth-order valence-electron chi connectivity index (χ4n) is 1.66. The lowest BCUT2D eigenvalue weighted by Gasteiger charge is -2.37. The first-order valence-electron chi connectivity index (χ1n) is 5.39. The van der Waals surface area contributed by atoms with Gasteiger partial charge in [-0.3, -0.25) is 4.90 Å². The van der Waals surface area contributed by atoms with E-state index in [1.54, 1.807) is 0 Å². The van der Waals surface area contributed by atoms with Crippen molar-refractivity contribution in [2.24, 2.45) is 5.92 Å². The van der Waals surface area contributed by atoms with E-state index in [9.17, 15) is 8.78 Å². The van der Waals surface area contributed by atoms with E-state index in [-0.39, 0.29) is 5.92 Å². The van der Waals surface area contributed by atoms with Crippen molar-refractivity contribution >= 4 is 0 Å². The van der Waals surface area contributed by atoms with Gasteiger partial charge in [0.1, 0.15) is 0 Å².